The van der Waals surface area contributed by atoms with Crippen LogP contribution in [0.1, 0.15) is 39.5 Å². The lowest BCUT2D eigenvalue weighted by Gasteiger charge is -1.99. The smallest absolute Gasteiger partial charge is 0.0434 e. The van der Waals surface area contributed by atoms with E-state index >= 15 is 0 Å². The highest BCUT2D eigenvalue weighted by Crippen LogP contribution is 2.08. The number of rotatable bonds is 6. The highest BCUT2D eigenvalue weighted by molar-refractivity contribution is 5.00. The molecule has 12 heavy (non-hydrogen) atoms. The van der Waals surface area contributed by atoms with Crippen molar-refractivity contribution in [1.82, 2.24) is 0 Å². The average Bonchev–Trinajstić information content (AvgIpc) is 2.00. The van der Waals surface area contributed by atoms with Crippen LogP contribution in [0, 0.1) is 0 Å². The molecule has 0 aromatic heterocycles. The summed E-state index contributed by atoms with van der Waals surface area (Å²) in [5, 5.41) is 8.59. The van der Waals surface area contributed by atoms with Gasteiger partial charge in [0.15, 0.2) is 0 Å². The fourth-order valence-electron chi connectivity index (χ4n) is 1.02. The molecule has 0 aliphatic carbocycles. The summed E-state index contributed by atoms with van der Waals surface area (Å²) in [5.41, 5.74) is 2.62. The first-order valence-corrected chi connectivity index (χ1v) is 4.57. The lowest BCUT2D eigenvalue weighted by Crippen LogP contribution is -1.84. The summed E-state index contributed by atoms with van der Waals surface area (Å²) in [4.78, 5) is 0. The van der Waals surface area contributed by atoms with E-state index in [4.69, 9.17) is 5.11 Å². The Morgan fingerprint density at radius 1 is 1.33 bits per heavy atom. The Bertz CT molecular complexity index is 156. The second-order valence-electron chi connectivity index (χ2n) is 3.37. The second kappa shape index (κ2) is 7.11. The molecule has 70 valence electrons. The molecule has 0 aromatic carbocycles. The maximum Gasteiger partial charge on any atom is 0.0434 e. The van der Waals surface area contributed by atoms with Crippen molar-refractivity contribution in [3.8, 4) is 0 Å². The number of aliphatic hydroxyl groups is 1. The zero-order chi connectivity index (χ0) is 9.40. The minimum Gasteiger partial charge on any atom is -0.396 e. The summed E-state index contributed by atoms with van der Waals surface area (Å²) in [6.45, 7) is 8.31. The van der Waals surface area contributed by atoms with Gasteiger partial charge in [-0.25, -0.2) is 0 Å². The predicted octanol–water partition coefficient (Wildman–Crippen LogP) is 3.06. The third-order valence-corrected chi connectivity index (χ3v) is 1.79. The van der Waals surface area contributed by atoms with Crippen molar-refractivity contribution in [2.45, 2.75) is 39.5 Å². The highest BCUT2D eigenvalue weighted by atomic mass is 16.2. The summed E-state index contributed by atoms with van der Waals surface area (Å²) < 4.78 is 0. The van der Waals surface area contributed by atoms with E-state index in [9.17, 15) is 0 Å². The van der Waals surface area contributed by atoms with Gasteiger partial charge in [-0.05, 0) is 39.5 Å². The van der Waals surface area contributed by atoms with Crippen LogP contribution in [0.25, 0.3) is 0 Å². The van der Waals surface area contributed by atoms with Crippen molar-refractivity contribution in [3.63, 3.8) is 0 Å². The van der Waals surface area contributed by atoms with Crippen LogP contribution in [0.4, 0.5) is 0 Å². The largest absolute Gasteiger partial charge is 0.396 e. The molecule has 0 aromatic rings. The van der Waals surface area contributed by atoms with E-state index < -0.39 is 0 Å². The normalized spacial score (nSPS) is 11.8. The van der Waals surface area contributed by atoms with Gasteiger partial charge in [0.1, 0.15) is 0 Å². The Morgan fingerprint density at radius 2 is 2.00 bits per heavy atom. The van der Waals surface area contributed by atoms with E-state index in [1.165, 1.54) is 11.1 Å². The Kier molecular flexibility index (Phi) is 6.78. The van der Waals surface area contributed by atoms with Gasteiger partial charge in [-0.3, -0.25) is 0 Å². The summed E-state index contributed by atoms with van der Waals surface area (Å²) in [6, 6.07) is 0. The average molecular weight is 168 g/mol. The molecule has 0 spiro atoms. The van der Waals surface area contributed by atoms with Gasteiger partial charge in [0.05, 0.1) is 0 Å². The van der Waals surface area contributed by atoms with Crippen LogP contribution >= 0.6 is 0 Å². The van der Waals surface area contributed by atoms with E-state index in [0.717, 1.165) is 25.7 Å². The molecule has 1 heteroatoms. The molecule has 0 atom stereocenters. The Balaban J connectivity index is 3.47. The molecule has 0 heterocycles. The van der Waals surface area contributed by atoms with Gasteiger partial charge in [-0.1, -0.05) is 17.2 Å². The van der Waals surface area contributed by atoms with Crippen molar-refractivity contribution in [3.05, 3.63) is 23.8 Å². The monoisotopic (exact) mass is 168 g/mol. The quantitative estimate of drug-likeness (QED) is 0.604. The van der Waals surface area contributed by atoms with Crippen LogP contribution in [0.2, 0.25) is 0 Å². The first kappa shape index (κ1) is 11.4. The van der Waals surface area contributed by atoms with E-state index in [1.807, 2.05) is 0 Å². The molecular formula is C11H20O. The number of hydrogen-bond donors (Lipinski definition) is 1. The minimum atomic E-state index is 0.297. The van der Waals surface area contributed by atoms with E-state index in [1.54, 1.807) is 0 Å². The van der Waals surface area contributed by atoms with Gasteiger partial charge in [-0.2, -0.15) is 0 Å². The van der Waals surface area contributed by atoms with Gasteiger partial charge in [-0.15, -0.1) is 6.58 Å². The molecule has 1 nitrogen and oxygen atoms in total. The zero-order valence-electron chi connectivity index (χ0n) is 8.27. The van der Waals surface area contributed by atoms with Crippen LogP contribution in [-0.2, 0) is 0 Å². The molecule has 0 aliphatic heterocycles. The molecule has 0 radical (unpaired) electrons. The van der Waals surface area contributed by atoms with Gasteiger partial charge in [0.25, 0.3) is 0 Å². The van der Waals surface area contributed by atoms with E-state index in [2.05, 4.69) is 26.5 Å². The number of aliphatic hydroxyl groups excluding tert-OH is 1. The first-order valence-electron chi connectivity index (χ1n) is 4.57. The summed E-state index contributed by atoms with van der Waals surface area (Å²) in [7, 11) is 0. The van der Waals surface area contributed by atoms with Crippen LogP contribution < -0.4 is 0 Å². The summed E-state index contributed by atoms with van der Waals surface area (Å²) in [6.07, 6.45) is 6.31. The number of allylic oxidation sites excluding steroid dienone is 3. The molecule has 0 amide bonds. The Morgan fingerprint density at radius 3 is 2.50 bits per heavy atom. The van der Waals surface area contributed by atoms with Crippen molar-refractivity contribution >= 4 is 0 Å². The predicted molar refractivity (Wildman–Crippen MR) is 54.1 cm³/mol. The fraction of sp³-hybridized carbons (Fsp3) is 0.636. The standard InChI is InChI=1S/C11H20O/c1-10(2)6-4-7-11(3)8-5-9-12/h7,12H,1,4-6,8-9H2,2-3H3/b11-7+. The van der Waals surface area contributed by atoms with Crippen molar-refractivity contribution in [2.24, 2.45) is 0 Å². The molecule has 0 saturated carbocycles. The molecule has 0 aliphatic rings. The fourth-order valence-corrected chi connectivity index (χ4v) is 1.02. The molecule has 0 unspecified atom stereocenters. The molecule has 0 bridgehead atoms. The van der Waals surface area contributed by atoms with Crippen LogP contribution in [0.15, 0.2) is 23.8 Å². The van der Waals surface area contributed by atoms with E-state index in [-0.39, 0.29) is 0 Å². The van der Waals surface area contributed by atoms with E-state index in [0.29, 0.717) is 6.61 Å². The van der Waals surface area contributed by atoms with Gasteiger partial charge < -0.3 is 5.11 Å². The summed E-state index contributed by atoms with van der Waals surface area (Å²) >= 11 is 0. The molecular weight excluding hydrogens is 148 g/mol. The SMILES string of the molecule is C=C(C)CC/C=C(\C)CCCO. The lowest BCUT2D eigenvalue weighted by atomic mass is 10.1. The third kappa shape index (κ3) is 7.55. The van der Waals surface area contributed by atoms with Crippen LogP contribution in [-0.4, -0.2) is 11.7 Å². The maximum absolute atomic E-state index is 8.59. The van der Waals surface area contributed by atoms with Crippen molar-refractivity contribution in [2.75, 3.05) is 6.61 Å². The topological polar surface area (TPSA) is 20.2 Å². The summed E-state index contributed by atoms with van der Waals surface area (Å²) in [5.74, 6) is 0. The highest BCUT2D eigenvalue weighted by Gasteiger charge is 1.89. The van der Waals surface area contributed by atoms with Gasteiger partial charge in [0.2, 0.25) is 0 Å². The van der Waals surface area contributed by atoms with Gasteiger partial charge in [0, 0.05) is 6.61 Å². The zero-order valence-corrected chi connectivity index (χ0v) is 8.27. The Labute approximate surface area is 75.8 Å². The first-order chi connectivity index (χ1) is 5.66. The van der Waals surface area contributed by atoms with Crippen molar-refractivity contribution < 1.29 is 5.11 Å². The molecule has 0 saturated heterocycles. The third-order valence-electron chi connectivity index (χ3n) is 1.79. The Hall–Kier alpha value is -0.560. The van der Waals surface area contributed by atoms with Crippen molar-refractivity contribution in [1.29, 1.82) is 0 Å². The lowest BCUT2D eigenvalue weighted by molar-refractivity contribution is 0.288. The maximum atomic E-state index is 8.59. The number of hydrogen-bond acceptors (Lipinski definition) is 1. The minimum absolute atomic E-state index is 0.297. The van der Waals surface area contributed by atoms with Crippen LogP contribution in [0.3, 0.4) is 0 Å². The van der Waals surface area contributed by atoms with Crippen LogP contribution in [0.5, 0.6) is 0 Å². The molecule has 1 N–H and O–H groups in total. The van der Waals surface area contributed by atoms with Gasteiger partial charge >= 0.3 is 0 Å². The molecule has 0 rings (SSSR count). The second-order valence-corrected chi connectivity index (χ2v) is 3.37. The molecule has 0 fully saturated rings.